The summed E-state index contributed by atoms with van der Waals surface area (Å²) in [6.07, 6.45) is 17.0. The molecule has 4 aromatic heterocycles. The Morgan fingerprint density at radius 2 is 0.890 bits per heavy atom. The average molecular weight is 1670 g/mol. The Labute approximate surface area is 662 Å². The molecule has 0 saturated heterocycles. The predicted octanol–water partition coefficient (Wildman–Crippen LogP) is 13.6. The second-order valence-corrected chi connectivity index (χ2v) is 25.1. The van der Waals surface area contributed by atoms with Crippen molar-refractivity contribution in [2.24, 2.45) is 0 Å². The van der Waals surface area contributed by atoms with E-state index in [0.717, 1.165) is 130 Å². The van der Waals surface area contributed by atoms with E-state index < -0.39 is 0 Å². The summed E-state index contributed by atoms with van der Waals surface area (Å²) in [7, 11) is 5.30. The Bertz CT molecular complexity index is 4260. The molecule has 511 valence electrons. The van der Waals surface area contributed by atoms with Gasteiger partial charge in [0.1, 0.15) is 7.85 Å². The number of aromatic amines is 1. The molecule has 6 aromatic carbocycles. The van der Waals surface area contributed by atoms with Crippen molar-refractivity contribution < 1.29 is 59.7 Å². The first-order chi connectivity index (χ1) is 46.2. The van der Waals surface area contributed by atoms with E-state index in [4.69, 9.17) is 89.3 Å². The summed E-state index contributed by atoms with van der Waals surface area (Å²) in [5.41, 5.74) is 16.8. The zero-order valence-corrected chi connectivity index (χ0v) is 66.4. The normalized spacial score (nSPS) is 12.2. The molecule has 0 atom stereocenters. The van der Waals surface area contributed by atoms with Crippen LogP contribution in [0, 0.1) is 11.8 Å². The summed E-state index contributed by atoms with van der Waals surface area (Å²) in [5.74, 6) is 0.274. The number of amides is 4. The largest absolute Gasteiger partial charge is 1.00 e. The van der Waals surface area contributed by atoms with Gasteiger partial charge in [0.05, 0.1) is 15.1 Å². The molecule has 10 aromatic rings. The van der Waals surface area contributed by atoms with Crippen molar-refractivity contribution >= 4 is 198 Å². The van der Waals surface area contributed by atoms with Crippen LogP contribution in [0.2, 0.25) is 30.1 Å². The second kappa shape index (κ2) is 43.6. The van der Waals surface area contributed by atoms with E-state index >= 15 is 0 Å². The van der Waals surface area contributed by atoms with Gasteiger partial charge in [0.2, 0.25) is 23.6 Å². The number of fused-ring (bicyclic) bond motifs is 6. The third-order valence-corrected chi connectivity index (χ3v) is 18.1. The SMILES string of the molecule is BrBr.CC(=O)N1CCc2cc(-c3cccnc3)c(Cl)cc21.CC(=O)N1CCc2cc(-c3cccnc3)c(Cl)cc21.CC(=O)N1CCc2cc(Br)c(Cl)cc21.CC(=O)N1CCc2ccc(Cl)cc21.Clc1ccc2c(c1)NCC2.Clc1ccc2cc[nH]c2c1.O.O.[B].[B]c1cccnc1.[C-]#N.[Na+]. The van der Waals surface area contributed by atoms with Gasteiger partial charge in [0, 0.05) is 216 Å². The molecule has 0 bridgehead atoms. The van der Waals surface area contributed by atoms with Crippen LogP contribution in [-0.2, 0) is 51.3 Å². The maximum absolute atomic E-state index is 11.5. The average Bonchev–Trinajstić information content (AvgIpc) is 1.44. The topological polar surface area (TPSA) is 235 Å². The molecule has 0 aliphatic carbocycles. The zero-order valence-electron chi connectivity index (χ0n) is 55.1. The number of rotatable bonds is 2. The number of halogens is 9. The summed E-state index contributed by atoms with van der Waals surface area (Å²) >= 11 is 44.9. The molecule has 0 saturated carbocycles. The fourth-order valence-corrected chi connectivity index (χ4v) is 12.6. The number of anilines is 5. The van der Waals surface area contributed by atoms with Crippen LogP contribution in [-0.4, -0.2) is 104 Å². The molecule has 28 heteroatoms. The van der Waals surface area contributed by atoms with Crippen LogP contribution in [0.1, 0.15) is 55.5 Å². The van der Waals surface area contributed by atoms with Gasteiger partial charge >= 0.3 is 29.6 Å². The van der Waals surface area contributed by atoms with Crippen LogP contribution in [0.15, 0.2) is 181 Å². The number of benzene rings is 6. The van der Waals surface area contributed by atoms with E-state index in [1.165, 1.54) is 38.9 Å². The number of carbonyl (C=O) groups excluding carboxylic acids is 4. The van der Waals surface area contributed by atoms with Crippen molar-refractivity contribution in [1.29, 1.82) is 5.26 Å². The molecule has 9 heterocycles. The summed E-state index contributed by atoms with van der Waals surface area (Å²) in [5, 5.41) is 14.9. The number of H-pyrrole nitrogens is 1. The maximum Gasteiger partial charge on any atom is 1.00 e. The Morgan fingerprint density at radius 1 is 0.490 bits per heavy atom. The molecule has 6 N–H and O–H groups in total. The minimum absolute atomic E-state index is 0. The first kappa shape index (κ1) is 87.9. The first-order valence-electron chi connectivity index (χ1n) is 29.8. The van der Waals surface area contributed by atoms with E-state index in [1.54, 1.807) is 96.6 Å². The monoisotopic (exact) mass is 1660 g/mol. The van der Waals surface area contributed by atoms with Crippen molar-refractivity contribution in [3.8, 4) is 22.3 Å². The molecule has 0 fully saturated rings. The Balaban J connectivity index is 0.000000304. The number of aromatic nitrogens is 4. The van der Waals surface area contributed by atoms with E-state index in [9.17, 15) is 19.2 Å². The summed E-state index contributed by atoms with van der Waals surface area (Å²) in [4.78, 5) is 67.7. The van der Waals surface area contributed by atoms with Gasteiger partial charge in [-0.15, -0.1) is 0 Å². The van der Waals surface area contributed by atoms with Crippen molar-refractivity contribution in [2.45, 2.75) is 59.8 Å². The smallest absolute Gasteiger partial charge is 0.512 e. The van der Waals surface area contributed by atoms with Gasteiger partial charge in [0.15, 0.2) is 0 Å². The number of nitrogens with one attached hydrogen (secondary N) is 2. The maximum atomic E-state index is 11.5. The summed E-state index contributed by atoms with van der Waals surface area (Å²) < 4.78 is 0.892. The predicted molar refractivity (Wildman–Crippen MR) is 419 cm³/mol. The fourth-order valence-electron chi connectivity index (χ4n) is 11.0. The summed E-state index contributed by atoms with van der Waals surface area (Å²) in [6.45, 7) is 15.1. The Kier molecular flexibility index (Phi) is 38.3. The number of carbonyl (C=O) groups is 4. The van der Waals surface area contributed by atoms with Gasteiger partial charge in [-0.2, -0.15) is 0 Å². The first-order valence-corrected chi connectivity index (χ1v) is 36.6. The fraction of sp³-hybridized carbons (Fsp3) is 0.194. The van der Waals surface area contributed by atoms with Gasteiger partial charge in [-0.3, -0.25) is 34.1 Å². The molecule has 5 aliphatic rings. The van der Waals surface area contributed by atoms with E-state index in [1.807, 2.05) is 109 Å². The zero-order chi connectivity index (χ0) is 69.6. The molecular formula is C72H67B2Br3Cl6N10NaO6. The molecule has 16 nitrogen and oxygen atoms in total. The minimum atomic E-state index is 0. The van der Waals surface area contributed by atoms with Crippen LogP contribution in [0.3, 0.4) is 0 Å². The minimum Gasteiger partial charge on any atom is -0.512 e. The quantitative estimate of drug-likeness (QED) is 0.123. The van der Waals surface area contributed by atoms with Crippen molar-refractivity contribution in [3.05, 3.63) is 246 Å². The van der Waals surface area contributed by atoms with Crippen molar-refractivity contribution in [3.63, 3.8) is 0 Å². The van der Waals surface area contributed by atoms with Crippen LogP contribution in [0.5, 0.6) is 0 Å². The van der Waals surface area contributed by atoms with E-state index in [-0.39, 0.29) is 72.6 Å². The molecule has 0 spiro atoms. The number of hydrogen-bond donors (Lipinski definition) is 2. The molecular weight excluding hydrogens is 1600 g/mol. The van der Waals surface area contributed by atoms with Gasteiger partial charge in [-0.05, 0) is 178 Å². The third-order valence-electron chi connectivity index (χ3n) is 15.5. The van der Waals surface area contributed by atoms with Gasteiger partial charge in [-0.25, -0.2) is 0 Å². The molecule has 4 amide bonds. The Hall–Kier alpha value is -6.29. The molecule has 15 rings (SSSR count). The van der Waals surface area contributed by atoms with E-state index in [2.05, 4.69) is 87.6 Å². The van der Waals surface area contributed by atoms with Crippen LogP contribution < -0.4 is 59.9 Å². The number of nitrogens with zero attached hydrogens (tertiary/aromatic N) is 8. The van der Waals surface area contributed by atoms with Gasteiger partial charge < -0.3 is 52.7 Å². The van der Waals surface area contributed by atoms with Gasteiger partial charge in [0.25, 0.3) is 0 Å². The Morgan fingerprint density at radius 3 is 1.32 bits per heavy atom. The van der Waals surface area contributed by atoms with E-state index in [0.29, 0.717) is 25.6 Å². The van der Waals surface area contributed by atoms with Crippen LogP contribution >= 0.6 is 114 Å². The van der Waals surface area contributed by atoms with Crippen LogP contribution in [0.25, 0.3) is 33.2 Å². The summed E-state index contributed by atoms with van der Waals surface area (Å²) in [6, 6.07) is 42.6. The standard InChI is InChI=1S/2C15H13ClN2O.C10H9BrClNO.C10H10ClNO.C8H8ClN.C8H6ClN.C5H4BN.CN.B.Br2.Na.2H2O/c2*1-10(19)18-6-4-11-7-13(14(16)8-15(11)18)12-3-2-5-17-9-12;1-6(14)13-3-2-7-4-8(11)9(12)5-10(7)13;1-7(13)12-5-4-8-2-3-9(11)6-10(8)12;2*9-7-2-1-6-3-4-10-8(6)5-7;6-5-2-1-3-7-4-5;1-2;;1-2;;;/h2*2-3,5,7-9H,4,6H2,1H3;4-5H,2-3H2,1H3;2-3,6H,4-5H2,1H3;1-2,5,10H,3-4H2;1-5,10H;1-4H;;;;;2*1H2/q;;;;;;;-1;;;+1;;. The van der Waals surface area contributed by atoms with Gasteiger partial charge in [-0.1, -0.05) is 111 Å². The molecule has 5 radical (unpaired) electrons. The molecule has 5 aliphatic heterocycles. The number of pyridine rings is 3. The number of hydrogen-bond acceptors (Lipinski definition) is 9. The second-order valence-electron chi connectivity index (χ2n) is 21.7. The molecule has 100 heavy (non-hydrogen) atoms. The third kappa shape index (κ3) is 24.2. The van der Waals surface area contributed by atoms with Crippen LogP contribution in [0.4, 0.5) is 28.4 Å². The van der Waals surface area contributed by atoms with Crippen molar-refractivity contribution in [1.82, 2.24) is 19.9 Å². The molecule has 0 unspecified atom stereocenters. The van der Waals surface area contributed by atoms with Crippen molar-refractivity contribution in [2.75, 3.05) is 57.6 Å².